The summed E-state index contributed by atoms with van der Waals surface area (Å²) in [6, 6.07) is 4.57. The van der Waals surface area contributed by atoms with Crippen LogP contribution in [0.2, 0.25) is 5.02 Å². The second kappa shape index (κ2) is 7.47. The minimum Gasteiger partial charge on any atom is -0.469 e. The smallest absolute Gasteiger partial charge is 0.412 e. The van der Waals surface area contributed by atoms with E-state index >= 15 is 0 Å². The van der Waals surface area contributed by atoms with E-state index in [9.17, 15) is 14.7 Å². The van der Waals surface area contributed by atoms with Gasteiger partial charge >= 0.3 is 12.1 Å². The van der Waals surface area contributed by atoms with Crippen molar-refractivity contribution in [3.63, 3.8) is 0 Å². The molecule has 1 aromatic carbocycles. The van der Waals surface area contributed by atoms with Crippen molar-refractivity contribution in [3.8, 4) is 0 Å². The molecule has 1 aromatic rings. The molecule has 22 heavy (non-hydrogen) atoms. The predicted molar refractivity (Wildman–Crippen MR) is 82.9 cm³/mol. The number of anilines is 1. The summed E-state index contributed by atoms with van der Waals surface area (Å²) in [5.41, 5.74) is 0.0993. The Morgan fingerprint density at radius 3 is 2.55 bits per heavy atom. The highest BCUT2D eigenvalue weighted by molar-refractivity contribution is 6.31. The third kappa shape index (κ3) is 5.91. The lowest BCUT2D eigenvalue weighted by molar-refractivity contribution is -0.142. The molecule has 0 radical (unpaired) electrons. The highest BCUT2D eigenvalue weighted by atomic mass is 35.5. The number of carbonyl (C=O) groups excluding carboxylic acids is 2. The Hall–Kier alpha value is -1.79. The minimum atomic E-state index is -1.12. The number of nitrogens with one attached hydrogen (secondary N) is 1. The fourth-order valence-electron chi connectivity index (χ4n) is 1.65. The van der Waals surface area contributed by atoms with Gasteiger partial charge in [0.2, 0.25) is 0 Å². The molecular weight excluding hydrogens is 310 g/mol. The molecule has 0 fully saturated rings. The van der Waals surface area contributed by atoms with E-state index in [1.165, 1.54) is 19.2 Å². The average Bonchev–Trinajstić information content (AvgIpc) is 2.38. The van der Waals surface area contributed by atoms with Crippen molar-refractivity contribution in [2.24, 2.45) is 0 Å². The van der Waals surface area contributed by atoms with Gasteiger partial charge in [-0.05, 0) is 39.0 Å². The van der Waals surface area contributed by atoms with Gasteiger partial charge in [-0.2, -0.15) is 0 Å². The maximum absolute atomic E-state index is 11.7. The number of ether oxygens (including phenoxy) is 2. The Kier molecular flexibility index (Phi) is 6.20. The van der Waals surface area contributed by atoms with Crippen LogP contribution in [0.15, 0.2) is 18.2 Å². The Morgan fingerprint density at radius 1 is 1.36 bits per heavy atom. The van der Waals surface area contributed by atoms with Gasteiger partial charge in [-0.15, -0.1) is 0 Å². The fraction of sp³-hybridized carbons (Fsp3) is 0.467. The second-order valence-electron chi connectivity index (χ2n) is 5.66. The number of benzene rings is 1. The third-order valence-electron chi connectivity index (χ3n) is 2.59. The van der Waals surface area contributed by atoms with Crippen LogP contribution in [-0.4, -0.2) is 29.9 Å². The van der Waals surface area contributed by atoms with E-state index in [1.807, 2.05) is 0 Å². The first-order valence-corrected chi connectivity index (χ1v) is 7.04. The average molecular weight is 330 g/mol. The van der Waals surface area contributed by atoms with Crippen molar-refractivity contribution in [1.82, 2.24) is 0 Å². The molecule has 122 valence electrons. The van der Waals surface area contributed by atoms with Gasteiger partial charge in [0.1, 0.15) is 5.60 Å². The first-order chi connectivity index (χ1) is 10.1. The maximum atomic E-state index is 11.7. The summed E-state index contributed by atoms with van der Waals surface area (Å²) in [6.45, 7) is 5.25. The summed E-state index contributed by atoms with van der Waals surface area (Å²) >= 11 is 6.00. The summed E-state index contributed by atoms with van der Waals surface area (Å²) in [5, 5.41) is 12.8. The lowest BCUT2D eigenvalue weighted by Crippen LogP contribution is -2.27. The number of hydrogen-bond donors (Lipinski definition) is 2. The predicted octanol–water partition coefficient (Wildman–Crippen LogP) is 3.28. The van der Waals surface area contributed by atoms with Crippen LogP contribution in [-0.2, 0) is 14.3 Å². The molecule has 0 aliphatic carbocycles. The molecule has 1 amide bonds. The fourth-order valence-corrected chi connectivity index (χ4v) is 1.89. The number of aliphatic hydroxyl groups excluding tert-OH is 1. The number of esters is 1. The van der Waals surface area contributed by atoms with E-state index in [0.717, 1.165) is 0 Å². The van der Waals surface area contributed by atoms with Crippen LogP contribution < -0.4 is 5.32 Å². The van der Waals surface area contributed by atoms with E-state index in [1.54, 1.807) is 26.8 Å². The highest BCUT2D eigenvalue weighted by Gasteiger charge is 2.19. The molecule has 0 aromatic heterocycles. The lowest BCUT2D eigenvalue weighted by atomic mass is 10.1. The Morgan fingerprint density at radius 2 is 2.00 bits per heavy atom. The number of rotatable bonds is 4. The van der Waals surface area contributed by atoms with Gasteiger partial charge < -0.3 is 14.6 Å². The van der Waals surface area contributed by atoms with Gasteiger partial charge in [-0.1, -0.05) is 11.6 Å². The number of amides is 1. The van der Waals surface area contributed by atoms with E-state index in [-0.39, 0.29) is 11.4 Å². The van der Waals surface area contributed by atoms with Crippen LogP contribution in [0.4, 0.5) is 10.5 Å². The summed E-state index contributed by atoms with van der Waals surface area (Å²) in [5.74, 6) is -0.561. The number of aliphatic hydroxyl groups is 1. The molecule has 0 bridgehead atoms. The van der Waals surface area contributed by atoms with Crippen LogP contribution in [0.5, 0.6) is 0 Å². The van der Waals surface area contributed by atoms with Crippen molar-refractivity contribution in [1.29, 1.82) is 0 Å². The van der Waals surface area contributed by atoms with Crippen molar-refractivity contribution in [2.75, 3.05) is 12.4 Å². The van der Waals surface area contributed by atoms with Gasteiger partial charge in [0.15, 0.2) is 0 Å². The van der Waals surface area contributed by atoms with E-state index in [2.05, 4.69) is 10.1 Å². The standard InChI is InChI=1S/C15H20ClNO5/c1-15(2,3)22-14(20)17-9-5-6-11(16)10(7-9)12(18)8-13(19)21-4/h5-7,12,18H,8H2,1-4H3,(H,17,20). The number of carbonyl (C=O) groups is 2. The Bertz CT molecular complexity index is 553. The molecule has 2 N–H and O–H groups in total. The first kappa shape index (κ1) is 18.3. The van der Waals surface area contributed by atoms with E-state index < -0.39 is 23.8 Å². The summed E-state index contributed by atoms with van der Waals surface area (Å²) in [4.78, 5) is 22.9. The number of hydrogen-bond acceptors (Lipinski definition) is 5. The molecule has 0 spiro atoms. The summed E-state index contributed by atoms with van der Waals surface area (Å²) in [7, 11) is 1.23. The third-order valence-corrected chi connectivity index (χ3v) is 2.93. The first-order valence-electron chi connectivity index (χ1n) is 6.66. The zero-order valence-corrected chi connectivity index (χ0v) is 13.7. The van der Waals surface area contributed by atoms with Gasteiger partial charge in [0.05, 0.1) is 19.6 Å². The quantitative estimate of drug-likeness (QED) is 0.828. The molecule has 0 heterocycles. The molecule has 1 atom stereocenters. The van der Waals surface area contributed by atoms with Crippen molar-refractivity contribution in [3.05, 3.63) is 28.8 Å². The largest absolute Gasteiger partial charge is 0.469 e. The second-order valence-corrected chi connectivity index (χ2v) is 6.07. The van der Waals surface area contributed by atoms with Crippen molar-refractivity contribution in [2.45, 2.75) is 38.9 Å². The van der Waals surface area contributed by atoms with Crippen molar-refractivity contribution >= 4 is 29.4 Å². The Labute approximate surface area is 134 Å². The molecular formula is C15H20ClNO5. The highest BCUT2D eigenvalue weighted by Crippen LogP contribution is 2.28. The molecule has 1 unspecified atom stereocenters. The normalized spacial score (nSPS) is 12.5. The van der Waals surface area contributed by atoms with Gasteiger partial charge in [0.25, 0.3) is 0 Å². The molecule has 0 saturated carbocycles. The SMILES string of the molecule is COC(=O)CC(O)c1cc(NC(=O)OC(C)(C)C)ccc1Cl. The van der Waals surface area contributed by atoms with Crippen molar-refractivity contribution < 1.29 is 24.2 Å². The number of methoxy groups -OCH3 is 1. The van der Waals surface area contributed by atoms with Gasteiger partial charge in [-0.25, -0.2) is 4.79 Å². The molecule has 1 rings (SSSR count). The lowest BCUT2D eigenvalue weighted by Gasteiger charge is -2.20. The van der Waals surface area contributed by atoms with Crippen LogP contribution in [0, 0.1) is 0 Å². The monoisotopic (exact) mass is 329 g/mol. The van der Waals surface area contributed by atoms with Crippen LogP contribution in [0.3, 0.4) is 0 Å². The minimum absolute atomic E-state index is 0.230. The maximum Gasteiger partial charge on any atom is 0.412 e. The molecule has 0 aliphatic rings. The van der Waals surface area contributed by atoms with Crippen LogP contribution >= 0.6 is 11.6 Å². The number of halogens is 1. The zero-order chi connectivity index (χ0) is 16.9. The van der Waals surface area contributed by atoms with Crippen LogP contribution in [0.1, 0.15) is 38.9 Å². The van der Waals surface area contributed by atoms with Gasteiger partial charge in [0, 0.05) is 16.3 Å². The van der Waals surface area contributed by atoms with Gasteiger partial charge in [-0.3, -0.25) is 10.1 Å². The molecule has 0 saturated heterocycles. The van der Waals surface area contributed by atoms with E-state index in [4.69, 9.17) is 16.3 Å². The van der Waals surface area contributed by atoms with Crippen LogP contribution in [0.25, 0.3) is 0 Å². The molecule has 6 nitrogen and oxygen atoms in total. The zero-order valence-electron chi connectivity index (χ0n) is 13.0. The molecule has 0 aliphatic heterocycles. The molecule has 7 heteroatoms. The summed E-state index contributed by atoms with van der Waals surface area (Å²) < 4.78 is 9.63. The summed E-state index contributed by atoms with van der Waals surface area (Å²) in [6.07, 6.45) is -1.98. The Balaban J connectivity index is 2.85. The van der Waals surface area contributed by atoms with E-state index in [0.29, 0.717) is 11.3 Å². The topological polar surface area (TPSA) is 84.9 Å².